The number of allylic oxidation sites excluding steroid dienone is 3. The summed E-state index contributed by atoms with van der Waals surface area (Å²) >= 11 is 0. The van der Waals surface area contributed by atoms with Crippen molar-refractivity contribution in [3.05, 3.63) is 23.3 Å². The van der Waals surface area contributed by atoms with Crippen LogP contribution in [0.2, 0.25) is 0 Å². The number of fused-ring (bicyclic) bond motifs is 3. The Morgan fingerprint density at radius 1 is 0.950 bits per heavy atom. The van der Waals surface area contributed by atoms with Crippen molar-refractivity contribution in [2.75, 3.05) is 27.9 Å². The molecule has 60 heavy (non-hydrogen) atoms. The number of methoxy groups -OCH3 is 3. The molecule has 14 atom stereocenters. The third-order valence-corrected chi connectivity index (χ3v) is 13.3. The molecule has 3 fully saturated rings. The van der Waals surface area contributed by atoms with Gasteiger partial charge < -0.3 is 48.7 Å². The lowest BCUT2D eigenvalue weighted by atomic mass is 9.81. The van der Waals surface area contributed by atoms with Crippen molar-refractivity contribution < 1.29 is 58.2 Å². The molecule has 14 nitrogen and oxygen atoms in total. The minimum atomic E-state index is -2.49. The normalized spacial score (nSPS) is 40.3. The van der Waals surface area contributed by atoms with Gasteiger partial charge in [0.15, 0.2) is 0 Å². The van der Waals surface area contributed by atoms with Gasteiger partial charge in [-0.15, -0.1) is 0 Å². The molecular formula is C46H76N2O12. The van der Waals surface area contributed by atoms with Gasteiger partial charge in [-0.05, 0) is 109 Å². The second-order valence-electron chi connectivity index (χ2n) is 18.4. The van der Waals surface area contributed by atoms with Gasteiger partial charge >= 0.3 is 5.97 Å². The number of piperidine rings is 1. The summed E-state index contributed by atoms with van der Waals surface area (Å²) in [5.74, 6) is -6.88. The topological polar surface area (TPSA) is 183 Å². The second kappa shape index (κ2) is 22.6. The molecule has 4 rings (SSSR count). The number of hydrogen-bond acceptors (Lipinski definition) is 13. The van der Waals surface area contributed by atoms with Crippen LogP contribution < -0.4 is 0 Å². The number of aliphatic hydroxyl groups is 3. The molecule has 3 N–H and O–H groups in total. The Bertz CT molecular complexity index is 1530. The predicted molar refractivity (Wildman–Crippen MR) is 227 cm³/mol. The van der Waals surface area contributed by atoms with Crippen molar-refractivity contribution in [1.29, 1.82) is 0 Å². The van der Waals surface area contributed by atoms with E-state index >= 15 is 0 Å². The smallest absolute Gasteiger partial charge is 0.329 e. The van der Waals surface area contributed by atoms with Crippen LogP contribution in [0.5, 0.6) is 0 Å². The number of carbonyl (C=O) groups is 3. The van der Waals surface area contributed by atoms with Gasteiger partial charge in [-0.25, -0.2) is 4.79 Å². The molecule has 0 aromatic carbocycles. The maximum absolute atomic E-state index is 14.5. The summed E-state index contributed by atoms with van der Waals surface area (Å²) in [5, 5.41) is 39.3. The van der Waals surface area contributed by atoms with Crippen LogP contribution in [0.3, 0.4) is 0 Å². The van der Waals surface area contributed by atoms with Gasteiger partial charge in [0.2, 0.25) is 5.79 Å². The van der Waals surface area contributed by atoms with Crippen molar-refractivity contribution in [1.82, 2.24) is 4.90 Å². The van der Waals surface area contributed by atoms with Crippen LogP contribution >= 0.6 is 0 Å². The Labute approximate surface area is 358 Å². The average Bonchev–Trinajstić information content (AvgIpc) is 3.22. The Balaban J connectivity index is 1.83. The van der Waals surface area contributed by atoms with Crippen LogP contribution in [0.25, 0.3) is 0 Å². The quantitative estimate of drug-likeness (QED) is 0.118. The summed E-state index contributed by atoms with van der Waals surface area (Å²) in [6.07, 6.45) is 4.69. The molecular weight excluding hydrogens is 773 g/mol. The summed E-state index contributed by atoms with van der Waals surface area (Å²) in [6.45, 7) is 15.5. The van der Waals surface area contributed by atoms with Crippen molar-refractivity contribution in [3.8, 4) is 0 Å². The van der Waals surface area contributed by atoms with Crippen LogP contribution in [0.15, 0.2) is 28.5 Å². The standard InChI is InChI=1S/C46H76N2O12/c1-12-33-20-27(4)19-28(5)21-39(56-10)42-40(57-11)23-30(7)46(54,59-42)43(51)44(52)48-18-14-13-15-35(48)45(53)58-41(31(8)37(50)25-34(33)47-60-26(2)3)29(6)22-32-16-17-36(49)38(24-32)55-9/h20,22,26,28,30-33,35-42,49-50,54H,12-19,21,23-25H2,1-11H3/b27-20+,29-22+,47-34-/t28-,30+,31+,32-,33+,35-,36+,37-,38+,39-,40-,41+,42+,46+/m0/s1. The van der Waals surface area contributed by atoms with Crippen LogP contribution in [0, 0.1) is 29.6 Å². The Hall–Kier alpha value is -2.72. The molecule has 14 heteroatoms. The zero-order valence-electron chi connectivity index (χ0n) is 38.1. The highest BCUT2D eigenvalue weighted by Gasteiger charge is 2.56. The molecule has 3 aliphatic heterocycles. The number of aliphatic hydroxyl groups excluding tert-OH is 2. The first-order valence-electron chi connectivity index (χ1n) is 22.4. The lowest BCUT2D eigenvalue weighted by Crippen LogP contribution is -2.64. The third-order valence-electron chi connectivity index (χ3n) is 13.3. The van der Waals surface area contributed by atoms with E-state index in [2.05, 4.69) is 32.0 Å². The van der Waals surface area contributed by atoms with Gasteiger partial charge in [0.05, 0.1) is 36.2 Å². The molecule has 2 saturated heterocycles. The van der Waals surface area contributed by atoms with E-state index in [-0.39, 0.29) is 55.8 Å². The average molecular weight is 849 g/mol. The number of rotatable bonds is 8. The van der Waals surface area contributed by atoms with Gasteiger partial charge in [0.25, 0.3) is 11.7 Å². The molecule has 1 aliphatic carbocycles. The monoisotopic (exact) mass is 849 g/mol. The highest BCUT2D eigenvalue weighted by Crippen LogP contribution is 2.39. The number of esters is 1. The summed E-state index contributed by atoms with van der Waals surface area (Å²) in [5.41, 5.74) is 2.49. The Morgan fingerprint density at radius 2 is 1.62 bits per heavy atom. The largest absolute Gasteiger partial charge is 0.456 e. The minimum Gasteiger partial charge on any atom is -0.456 e. The van der Waals surface area contributed by atoms with E-state index in [9.17, 15) is 29.7 Å². The maximum Gasteiger partial charge on any atom is 0.329 e. The summed E-state index contributed by atoms with van der Waals surface area (Å²) < 4.78 is 30.1. The molecule has 342 valence electrons. The van der Waals surface area contributed by atoms with E-state index in [0.29, 0.717) is 62.7 Å². The molecule has 0 spiro atoms. The van der Waals surface area contributed by atoms with Crippen molar-refractivity contribution in [2.45, 2.75) is 187 Å². The van der Waals surface area contributed by atoms with E-state index < -0.39 is 77.9 Å². The fraction of sp³-hybridized carbons (Fsp3) is 0.826. The van der Waals surface area contributed by atoms with Gasteiger partial charge in [-0.3, -0.25) is 9.59 Å². The lowest BCUT2D eigenvalue weighted by molar-refractivity contribution is -0.302. The zero-order chi connectivity index (χ0) is 44.5. The third kappa shape index (κ3) is 12.3. The first-order chi connectivity index (χ1) is 28.4. The Kier molecular flexibility index (Phi) is 18.8. The highest BCUT2D eigenvalue weighted by molar-refractivity contribution is 6.39. The molecule has 0 aromatic rings. The number of nitrogens with zero attached hydrogens (tertiary/aromatic N) is 2. The highest BCUT2D eigenvalue weighted by atomic mass is 16.7. The molecule has 2 bridgehead atoms. The fourth-order valence-corrected chi connectivity index (χ4v) is 9.69. The summed E-state index contributed by atoms with van der Waals surface area (Å²) in [7, 11) is 4.69. The van der Waals surface area contributed by atoms with Gasteiger partial charge in [-0.1, -0.05) is 50.6 Å². The molecule has 4 aliphatic rings. The SMILES string of the molecule is CC[C@@H]1/C=C(\C)C[C@H](C)C[C@H](OC)[C@H]2O[C@@](O)(C(=O)C(=O)N3CCCC[C@H]3C(=O)O[C@H](/C(C)=C/[C@@H]3CC[C@@H](O)[C@H](OC)C3)[C@H](C)[C@@H](O)C/C1=N/OC(C)C)[C@H](C)C[C@@H]2OC. The van der Waals surface area contributed by atoms with Crippen molar-refractivity contribution in [3.63, 3.8) is 0 Å². The van der Waals surface area contributed by atoms with E-state index in [1.165, 1.54) is 4.90 Å². The summed E-state index contributed by atoms with van der Waals surface area (Å²) in [6, 6.07) is -1.11. The zero-order valence-corrected chi connectivity index (χ0v) is 38.1. The van der Waals surface area contributed by atoms with Gasteiger partial charge in [-0.2, -0.15) is 0 Å². The summed E-state index contributed by atoms with van der Waals surface area (Å²) in [4.78, 5) is 50.1. The number of amides is 1. The number of cyclic esters (lactones) is 1. The number of ether oxygens (including phenoxy) is 5. The first kappa shape index (κ1) is 49.9. The Morgan fingerprint density at radius 3 is 2.25 bits per heavy atom. The molecule has 3 heterocycles. The maximum atomic E-state index is 14.5. The molecule has 0 radical (unpaired) electrons. The molecule has 1 amide bonds. The van der Waals surface area contributed by atoms with Crippen LogP contribution in [0.1, 0.15) is 126 Å². The first-order valence-corrected chi connectivity index (χ1v) is 22.4. The molecule has 0 unspecified atom stereocenters. The van der Waals surface area contributed by atoms with E-state index in [4.69, 9.17) is 28.5 Å². The van der Waals surface area contributed by atoms with Crippen molar-refractivity contribution >= 4 is 23.4 Å². The fourth-order valence-electron chi connectivity index (χ4n) is 9.69. The van der Waals surface area contributed by atoms with Crippen LogP contribution in [0.4, 0.5) is 0 Å². The van der Waals surface area contributed by atoms with E-state index in [0.717, 1.165) is 5.57 Å². The van der Waals surface area contributed by atoms with Crippen LogP contribution in [-0.4, -0.2) is 132 Å². The number of carbonyl (C=O) groups excluding carboxylic acids is 3. The minimum absolute atomic E-state index is 0.0194. The van der Waals surface area contributed by atoms with Gasteiger partial charge in [0, 0.05) is 52.0 Å². The number of ketones is 1. The number of hydrogen-bond donors (Lipinski definition) is 3. The van der Waals surface area contributed by atoms with E-state index in [1.807, 2.05) is 33.8 Å². The number of Topliss-reactive ketones (excluding diaryl/α,β-unsaturated/α-hetero) is 1. The van der Waals surface area contributed by atoms with Crippen molar-refractivity contribution in [2.24, 2.45) is 34.7 Å². The number of oxime groups is 1. The predicted octanol–water partition coefficient (Wildman–Crippen LogP) is 5.68. The van der Waals surface area contributed by atoms with Crippen LogP contribution in [-0.2, 0) is 42.9 Å². The molecule has 0 aromatic heterocycles. The van der Waals surface area contributed by atoms with Gasteiger partial charge in [0.1, 0.15) is 24.4 Å². The second-order valence-corrected chi connectivity index (χ2v) is 18.4. The lowest BCUT2D eigenvalue weighted by Gasteiger charge is -2.47. The van der Waals surface area contributed by atoms with E-state index in [1.54, 1.807) is 28.3 Å². The molecule has 1 saturated carbocycles.